The molecule has 354 valence electrons. The molecule has 0 fully saturated rings. The fourth-order valence-corrected chi connectivity index (χ4v) is 7.27. The lowest BCUT2D eigenvalue weighted by Gasteiger charge is -2.24. The van der Waals surface area contributed by atoms with Crippen LogP contribution < -0.4 is 5.32 Å². The van der Waals surface area contributed by atoms with Crippen molar-refractivity contribution in [3.8, 4) is 0 Å². The Hall–Kier alpha value is -3.22. The number of rotatable bonds is 44. The van der Waals surface area contributed by atoms with Gasteiger partial charge in [0.05, 0.1) is 25.2 Å². The van der Waals surface area contributed by atoms with Crippen LogP contribution in [0.25, 0.3) is 0 Å². The highest BCUT2D eigenvalue weighted by molar-refractivity contribution is 5.77. The molecule has 3 N–H and O–H groups in total. The lowest BCUT2D eigenvalue weighted by atomic mass is 10.0. The highest BCUT2D eigenvalue weighted by Crippen LogP contribution is 2.17. The van der Waals surface area contributed by atoms with Crippen LogP contribution >= 0.6 is 0 Å². The predicted octanol–water partition coefficient (Wildman–Crippen LogP) is 15.3. The fourth-order valence-electron chi connectivity index (χ4n) is 7.27. The molecule has 3 atom stereocenters. The van der Waals surface area contributed by atoms with Gasteiger partial charge in [-0.15, -0.1) is 0 Å². The molecule has 0 radical (unpaired) electrons. The van der Waals surface area contributed by atoms with Gasteiger partial charge in [-0.2, -0.15) is 0 Å². The summed E-state index contributed by atoms with van der Waals surface area (Å²) in [7, 11) is 0. The second kappa shape index (κ2) is 48.8. The minimum Gasteiger partial charge on any atom is -0.462 e. The van der Waals surface area contributed by atoms with Crippen molar-refractivity contribution in [3.63, 3.8) is 0 Å². The third-order valence-corrected chi connectivity index (χ3v) is 11.1. The lowest BCUT2D eigenvalue weighted by Crippen LogP contribution is -2.46. The van der Waals surface area contributed by atoms with E-state index in [9.17, 15) is 19.8 Å². The Labute approximate surface area is 382 Å². The Morgan fingerprint density at radius 1 is 0.484 bits per heavy atom. The summed E-state index contributed by atoms with van der Waals surface area (Å²) < 4.78 is 5.88. The molecule has 0 saturated carbocycles. The molecule has 0 aliphatic carbocycles. The molecule has 62 heavy (non-hydrogen) atoms. The second-order valence-electron chi connectivity index (χ2n) is 17.0. The SMILES string of the molecule is CC/C=C/C=C/C=C\C=C/CCCCCC(=O)OC(CCCCC\C=C/C=C/C=C/C=C/CC)CC(=O)NC(CO)C(O)CCCCCCCCCCCCCCCCCCC. The minimum absolute atomic E-state index is 0.0299. The lowest BCUT2D eigenvalue weighted by molar-refractivity contribution is -0.151. The number of allylic oxidation sites excluding steroid dienone is 16. The van der Waals surface area contributed by atoms with Crippen molar-refractivity contribution in [1.82, 2.24) is 5.32 Å². The van der Waals surface area contributed by atoms with Crippen molar-refractivity contribution in [2.24, 2.45) is 0 Å². The van der Waals surface area contributed by atoms with E-state index < -0.39 is 18.2 Å². The average molecular weight is 862 g/mol. The zero-order valence-electron chi connectivity index (χ0n) is 40.2. The van der Waals surface area contributed by atoms with Gasteiger partial charge in [-0.25, -0.2) is 0 Å². The number of unbranched alkanes of at least 4 members (excludes halogenated alkanes) is 22. The molecular weight excluding hydrogens is 767 g/mol. The molecule has 6 heteroatoms. The molecule has 0 aromatic carbocycles. The van der Waals surface area contributed by atoms with Gasteiger partial charge in [-0.05, 0) is 64.2 Å². The van der Waals surface area contributed by atoms with E-state index >= 15 is 0 Å². The van der Waals surface area contributed by atoms with Crippen molar-refractivity contribution >= 4 is 11.9 Å². The Bertz CT molecular complexity index is 1240. The molecule has 3 unspecified atom stereocenters. The highest BCUT2D eigenvalue weighted by atomic mass is 16.5. The van der Waals surface area contributed by atoms with Crippen LogP contribution in [-0.2, 0) is 14.3 Å². The normalized spacial score (nSPS) is 14.1. The first-order valence-electron chi connectivity index (χ1n) is 25.6. The van der Waals surface area contributed by atoms with Crippen LogP contribution in [0.4, 0.5) is 0 Å². The van der Waals surface area contributed by atoms with E-state index in [1.54, 1.807) is 0 Å². The third kappa shape index (κ3) is 43.4. The van der Waals surface area contributed by atoms with Crippen LogP contribution in [0.2, 0.25) is 0 Å². The van der Waals surface area contributed by atoms with Gasteiger partial charge in [0.25, 0.3) is 0 Å². The topological polar surface area (TPSA) is 95.9 Å². The monoisotopic (exact) mass is 862 g/mol. The van der Waals surface area contributed by atoms with Gasteiger partial charge in [0.2, 0.25) is 5.91 Å². The summed E-state index contributed by atoms with van der Waals surface area (Å²) >= 11 is 0. The molecule has 0 bridgehead atoms. The summed E-state index contributed by atoms with van der Waals surface area (Å²) in [6.07, 6.45) is 64.7. The van der Waals surface area contributed by atoms with E-state index in [0.29, 0.717) is 19.3 Å². The van der Waals surface area contributed by atoms with Gasteiger partial charge in [0, 0.05) is 6.42 Å². The molecule has 0 aliphatic rings. The zero-order valence-corrected chi connectivity index (χ0v) is 40.2. The first-order chi connectivity index (χ1) is 30.5. The molecule has 0 saturated heterocycles. The van der Waals surface area contributed by atoms with Gasteiger partial charge in [-0.1, -0.05) is 240 Å². The number of esters is 1. The number of aliphatic hydroxyl groups excluding tert-OH is 2. The number of nitrogens with one attached hydrogen (secondary N) is 1. The zero-order chi connectivity index (χ0) is 45.2. The van der Waals surface area contributed by atoms with E-state index in [1.807, 2.05) is 60.8 Å². The number of amides is 1. The van der Waals surface area contributed by atoms with Crippen molar-refractivity contribution in [1.29, 1.82) is 0 Å². The quantitative estimate of drug-likeness (QED) is 0.0322. The maximum absolute atomic E-state index is 13.2. The number of carbonyl (C=O) groups is 2. The number of ether oxygens (including phenoxy) is 1. The largest absolute Gasteiger partial charge is 0.462 e. The maximum atomic E-state index is 13.2. The van der Waals surface area contributed by atoms with Gasteiger partial charge in [-0.3, -0.25) is 9.59 Å². The minimum atomic E-state index is -0.811. The molecule has 0 aromatic heterocycles. The Balaban J connectivity index is 4.64. The molecule has 1 amide bonds. The Morgan fingerprint density at radius 2 is 0.871 bits per heavy atom. The summed E-state index contributed by atoms with van der Waals surface area (Å²) in [6, 6.07) is -0.729. The molecule has 0 heterocycles. The predicted molar refractivity (Wildman–Crippen MR) is 268 cm³/mol. The molecule has 0 aromatic rings. The molecule has 0 rings (SSSR count). The maximum Gasteiger partial charge on any atom is 0.306 e. The van der Waals surface area contributed by atoms with E-state index in [0.717, 1.165) is 83.5 Å². The molecule has 0 aliphatic heterocycles. The molecule has 0 spiro atoms. The summed E-state index contributed by atoms with van der Waals surface area (Å²) in [5.74, 6) is -0.567. The summed E-state index contributed by atoms with van der Waals surface area (Å²) in [5, 5.41) is 23.8. The van der Waals surface area contributed by atoms with Crippen LogP contribution in [0.3, 0.4) is 0 Å². The Kier molecular flexibility index (Phi) is 46.3. The molecular formula is C56H95NO5. The Morgan fingerprint density at radius 3 is 1.32 bits per heavy atom. The summed E-state index contributed by atoms with van der Waals surface area (Å²) in [4.78, 5) is 26.1. The first-order valence-corrected chi connectivity index (χ1v) is 25.6. The van der Waals surface area contributed by atoms with Gasteiger partial charge < -0.3 is 20.3 Å². The van der Waals surface area contributed by atoms with Crippen LogP contribution in [0.5, 0.6) is 0 Å². The van der Waals surface area contributed by atoms with Crippen molar-refractivity contribution < 1.29 is 24.5 Å². The van der Waals surface area contributed by atoms with E-state index in [-0.39, 0.29) is 24.9 Å². The van der Waals surface area contributed by atoms with Gasteiger partial charge >= 0.3 is 5.97 Å². The number of hydrogen-bond acceptors (Lipinski definition) is 5. The smallest absolute Gasteiger partial charge is 0.306 e. The highest BCUT2D eigenvalue weighted by Gasteiger charge is 2.24. The van der Waals surface area contributed by atoms with Crippen LogP contribution in [-0.4, -0.2) is 46.9 Å². The van der Waals surface area contributed by atoms with E-state index in [2.05, 4.69) is 62.5 Å². The number of aliphatic hydroxyl groups is 2. The standard InChI is InChI=1S/C56H95NO5/c1-4-7-10-13-16-19-22-25-26-27-28-31-33-36-39-42-45-48-54(59)53(51-58)57-55(60)50-52(47-44-41-38-35-32-29-23-20-17-14-11-8-5-2)62-56(61)49-46-43-40-37-34-30-24-21-18-15-12-9-6-3/h8-9,11-12,14-15,17-18,20-21,23-24,29-30,32,34,52-54,58-59H,4-7,10,13,16,19,22,25-28,31,33,35-51H2,1-3H3,(H,57,60)/b11-8+,12-9+,17-14+,18-15+,23-20+,24-21-,32-29-,34-30-. The van der Waals surface area contributed by atoms with Gasteiger partial charge in [0.15, 0.2) is 0 Å². The number of carbonyl (C=O) groups excluding carboxylic acids is 2. The summed E-state index contributed by atoms with van der Waals surface area (Å²) in [6.45, 7) is 6.18. The van der Waals surface area contributed by atoms with Crippen LogP contribution in [0.1, 0.15) is 220 Å². The van der Waals surface area contributed by atoms with Crippen LogP contribution in [0.15, 0.2) is 97.2 Å². The summed E-state index contributed by atoms with van der Waals surface area (Å²) in [5.41, 5.74) is 0. The van der Waals surface area contributed by atoms with Gasteiger partial charge in [0.1, 0.15) is 6.10 Å². The van der Waals surface area contributed by atoms with E-state index in [1.165, 1.54) is 89.9 Å². The van der Waals surface area contributed by atoms with Crippen molar-refractivity contribution in [3.05, 3.63) is 97.2 Å². The number of hydrogen-bond donors (Lipinski definition) is 3. The van der Waals surface area contributed by atoms with Crippen molar-refractivity contribution in [2.45, 2.75) is 238 Å². The van der Waals surface area contributed by atoms with E-state index in [4.69, 9.17) is 4.74 Å². The second-order valence-corrected chi connectivity index (χ2v) is 17.0. The third-order valence-electron chi connectivity index (χ3n) is 11.1. The average Bonchev–Trinajstić information content (AvgIpc) is 3.26. The van der Waals surface area contributed by atoms with Crippen molar-refractivity contribution in [2.75, 3.05) is 6.61 Å². The van der Waals surface area contributed by atoms with Crippen LogP contribution in [0, 0.1) is 0 Å². The molecule has 6 nitrogen and oxygen atoms in total. The fraction of sp³-hybridized carbons (Fsp3) is 0.679. The first kappa shape index (κ1) is 58.8.